The molecule has 0 bridgehead atoms. The van der Waals surface area contributed by atoms with Crippen molar-refractivity contribution in [3.63, 3.8) is 0 Å². The van der Waals surface area contributed by atoms with Crippen LogP contribution in [0.15, 0.2) is 53.4 Å². The topological polar surface area (TPSA) is 84.4 Å². The second-order valence-corrected chi connectivity index (χ2v) is 9.44. The lowest BCUT2D eigenvalue weighted by molar-refractivity contribution is -0.122. The first-order valence-electron chi connectivity index (χ1n) is 9.98. The number of alkyl halides is 2. The number of anilines is 1. The van der Waals surface area contributed by atoms with Gasteiger partial charge >= 0.3 is 6.61 Å². The van der Waals surface area contributed by atoms with Crippen LogP contribution in [0.25, 0.3) is 17.5 Å². The van der Waals surface area contributed by atoms with Crippen molar-refractivity contribution in [1.82, 2.24) is 14.3 Å². The number of carbonyl (C=O) groups is 2. The smallest absolute Gasteiger partial charge is 0.387 e. The summed E-state index contributed by atoms with van der Waals surface area (Å²) in [6.45, 7) is -2.84. The molecular formula is C22H15F3N4O3S3. The number of thioether (sulfide) groups is 1. The monoisotopic (exact) mass is 536 g/mol. The SMILES string of the molecule is O=C(CCN1C(=O)/C(=C/c2ccc(F)cc2)SC1=S)Nc1nc(-c2ccc(OC(F)F)cc2)ns1. The summed E-state index contributed by atoms with van der Waals surface area (Å²) in [7, 11) is 0. The molecule has 1 saturated heterocycles. The number of amides is 2. The summed E-state index contributed by atoms with van der Waals surface area (Å²) in [4.78, 5) is 31.0. The van der Waals surface area contributed by atoms with Crippen LogP contribution in [-0.2, 0) is 9.59 Å². The van der Waals surface area contributed by atoms with Crippen molar-refractivity contribution in [1.29, 1.82) is 0 Å². The lowest BCUT2D eigenvalue weighted by Gasteiger charge is -2.13. The number of hydrogen-bond donors (Lipinski definition) is 1. The van der Waals surface area contributed by atoms with Crippen LogP contribution in [0.5, 0.6) is 5.75 Å². The van der Waals surface area contributed by atoms with E-state index in [-0.39, 0.29) is 41.5 Å². The minimum absolute atomic E-state index is 0.00992. The Balaban J connectivity index is 1.31. The summed E-state index contributed by atoms with van der Waals surface area (Å²) in [5, 5.41) is 2.87. The summed E-state index contributed by atoms with van der Waals surface area (Å²) in [6.07, 6.45) is 1.60. The average molecular weight is 537 g/mol. The third-order valence-corrected chi connectivity index (χ3v) is 6.62. The Hall–Kier alpha value is -3.29. The summed E-state index contributed by atoms with van der Waals surface area (Å²) in [6, 6.07) is 11.5. The molecule has 7 nitrogen and oxygen atoms in total. The maximum Gasteiger partial charge on any atom is 0.387 e. The van der Waals surface area contributed by atoms with Crippen molar-refractivity contribution in [3.05, 3.63) is 64.8 Å². The van der Waals surface area contributed by atoms with E-state index in [0.717, 1.165) is 23.3 Å². The number of thiocarbonyl (C=S) groups is 1. The fraction of sp³-hybridized carbons (Fsp3) is 0.136. The zero-order valence-electron chi connectivity index (χ0n) is 17.6. The van der Waals surface area contributed by atoms with Crippen molar-refractivity contribution in [2.24, 2.45) is 0 Å². The Labute approximate surface area is 211 Å². The molecule has 1 aliphatic rings. The molecule has 13 heteroatoms. The van der Waals surface area contributed by atoms with Gasteiger partial charge in [-0.05, 0) is 48.0 Å². The average Bonchev–Trinajstić information content (AvgIpc) is 3.38. The largest absolute Gasteiger partial charge is 0.435 e. The third kappa shape index (κ3) is 6.44. The Morgan fingerprint density at radius 1 is 1.17 bits per heavy atom. The van der Waals surface area contributed by atoms with Crippen LogP contribution >= 0.6 is 35.5 Å². The summed E-state index contributed by atoms with van der Waals surface area (Å²) >= 11 is 7.34. The highest BCUT2D eigenvalue weighted by molar-refractivity contribution is 8.26. The quantitative estimate of drug-likeness (QED) is 0.314. The molecule has 2 heterocycles. The van der Waals surface area contributed by atoms with Gasteiger partial charge in [0, 0.05) is 30.1 Å². The molecule has 0 spiro atoms. The standard InChI is InChI=1S/C22H15F3N4O3S3/c23-14-5-1-12(2-6-14)11-16-19(31)29(22(33)34-16)10-9-17(30)26-21-27-18(28-35-21)13-3-7-15(8-4-13)32-20(24)25/h1-8,11,20H,9-10H2,(H,26,27,28,30)/b16-11-. The lowest BCUT2D eigenvalue weighted by Crippen LogP contribution is -2.31. The van der Waals surface area contributed by atoms with Gasteiger partial charge in [-0.3, -0.25) is 14.5 Å². The molecule has 0 atom stereocenters. The van der Waals surface area contributed by atoms with Gasteiger partial charge in [-0.1, -0.05) is 36.1 Å². The maximum absolute atomic E-state index is 13.1. The minimum atomic E-state index is -2.92. The van der Waals surface area contributed by atoms with E-state index in [2.05, 4.69) is 19.4 Å². The van der Waals surface area contributed by atoms with Gasteiger partial charge in [0.1, 0.15) is 15.9 Å². The van der Waals surface area contributed by atoms with Crippen molar-refractivity contribution in [3.8, 4) is 17.1 Å². The Kier molecular flexibility index (Phi) is 7.78. The number of halogens is 3. The second-order valence-electron chi connectivity index (χ2n) is 7.01. The number of hydrogen-bond acceptors (Lipinski definition) is 8. The highest BCUT2D eigenvalue weighted by Crippen LogP contribution is 2.32. The van der Waals surface area contributed by atoms with Crippen LogP contribution in [0, 0.1) is 5.82 Å². The minimum Gasteiger partial charge on any atom is -0.435 e. The van der Waals surface area contributed by atoms with Crippen LogP contribution in [-0.4, -0.2) is 43.5 Å². The van der Waals surface area contributed by atoms with E-state index in [1.165, 1.54) is 41.3 Å². The highest BCUT2D eigenvalue weighted by Gasteiger charge is 2.32. The van der Waals surface area contributed by atoms with Crippen LogP contribution < -0.4 is 10.1 Å². The number of ether oxygens (including phenoxy) is 1. The molecule has 0 aliphatic carbocycles. The maximum atomic E-state index is 13.1. The molecular weight excluding hydrogens is 521 g/mol. The van der Waals surface area contributed by atoms with Crippen LogP contribution in [0.3, 0.4) is 0 Å². The fourth-order valence-electron chi connectivity index (χ4n) is 2.98. The number of nitrogens with zero attached hydrogens (tertiary/aromatic N) is 3. The summed E-state index contributed by atoms with van der Waals surface area (Å²) < 4.78 is 46.4. The first-order chi connectivity index (χ1) is 16.8. The van der Waals surface area contributed by atoms with Gasteiger partial charge in [0.25, 0.3) is 5.91 Å². The molecule has 180 valence electrons. The van der Waals surface area contributed by atoms with Crippen molar-refractivity contribution >= 4 is 62.9 Å². The molecule has 1 aliphatic heterocycles. The zero-order chi connectivity index (χ0) is 24.9. The number of aromatic nitrogens is 2. The van der Waals surface area contributed by atoms with Gasteiger partial charge in [-0.25, -0.2) is 4.39 Å². The van der Waals surface area contributed by atoms with Crippen LogP contribution in [0.4, 0.5) is 18.3 Å². The molecule has 4 rings (SSSR count). The van der Waals surface area contributed by atoms with E-state index in [1.54, 1.807) is 18.2 Å². The van der Waals surface area contributed by atoms with E-state index in [1.807, 2.05) is 0 Å². The van der Waals surface area contributed by atoms with Crippen molar-refractivity contribution in [2.75, 3.05) is 11.9 Å². The number of benzene rings is 2. The first-order valence-corrected chi connectivity index (χ1v) is 12.0. The van der Waals surface area contributed by atoms with E-state index in [0.29, 0.717) is 26.2 Å². The number of carbonyl (C=O) groups excluding carboxylic acids is 2. The molecule has 3 aromatic rings. The molecule has 1 N–H and O–H groups in total. The Morgan fingerprint density at radius 3 is 2.57 bits per heavy atom. The zero-order valence-corrected chi connectivity index (χ0v) is 20.1. The normalized spacial score (nSPS) is 14.7. The Morgan fingerprint density at radius 2 is 1.89 bits per heavy atom. The Bertz CT molecular complexity index is 1280. The van der Waals surface area contributed by atoms with Gasteiger partial charge < -0.3 is 10.1 Å². The fourth-order valence-corrected chi connectivity index (χ4v) is 4.89. The van der Waals surface area contributed by atoms with Gasteiger partial charge in [-0.15, -0.1) is 0 Å². The van der Waals surface area contributed by atoms with Gasteiger partial charge in [-0.2, -0.15) is 18.1 Å². The molecule has 35 heavy (non-hydrogen) atoms. The van der Waals surface area contributed by atoms with E-state index in [9.17, 15) is 22.8 Å². The van der Waals surface area contributed by atoms with Crippen molar-refractivity contribution in [2.45, 2.75) is 13.0 Å². The second kappa shape index (κ2) is 11.0. The molecule has 0 saturated carbocycles. The number of rotatable bonds is 8. The van der Waals surface area contributed by atoms with Crippen LogP contribution in [0.2, 0.25) is 0 Å². The molecule has 2 amide bonds. The van der Waals surface area contributed by atoms with E-state index in [4.69, 9.17) is 12.2 Å². The predicted molar refractivity (Wildman–Crippen MR) is 132 cm³/mol. The van der Waals surface area contributed by atoms with E-state index >= 15 is 0 Å². The molecule has 2 aromatic carbocycles. The van der Waals surface area contributed by atoms with Crippen molar-refractivity contribution < 1.29 is 27.5 Å². The predicted octanol–water partition coefficient (Wildman–Crippen LogP) is 5.18. The van der Waals surface area contributed by atoms with Gasteiger partial charge in [0.15, 0.2) is 5.82 Å². The summed E-state index contributed by atoms with van der Waals surface area (Å²) in [5.41, 5.74) is 1.22. The highest BCUT2D eigenvalue weighted by atomic mass is 32.2. The summed E-state index contributed by atoms with van der Waals surface area (Å²) in [5.74, 6) is -0.757. The lowest BCUT2D eigenvalue weighted by atomic mass is 10.2. The molecule has 1 aromatic heterocycles. The molecule has 0 radical (unpaired) electrons. The third-order valence-electron chi connectivity index (χ3n) is 4.61. The molecule has 0 unspecified atom stereocenters. The number of nitrogens with one attached hydrogen (secondary N) is 1. The molecule has 1 fully saturated rings. The van der Waals surface area contributed by atoms with Gasteiger partial charge in [0.05, 0.1) is 4.91 Å². The van der Waals surface area contributed by atoms with Crippen LogP contribution in [0.1, 0.15) is 12.0 Å². The first kappa shape index (κ1) is 24.8. The van der Waals surface area contributed by atoms with E-state index < -0.39 is 6.61 Å². The van der Waals surface area contributed by atoms with Gasteiger partial charge in [0.2, 0.25) is 11.0 Å².